The summed E-state index contributed by atoms with van der Waals surface area (Å²) in [4.78, 5) is 43.9. The lowest BCUT2D eigenvalue weighted by Crippen LogP contribution is -2.57. The number of rotatable bonds is 6. The van der Waals surface area contributed by atoms with E-state index >= 15 is 0 Å². The zero-order chi connectivity index (χ0) is 27.1. The van der Waals surface area contributed by atoms with E-state index in [1.807, 2.05) is 0 Å². The molecule has 0 radical (unpaired) electrons. The smallest absolute Gasteiger partial charge is 0.326 e. The summed E-state index contributed by atoms with van der Waals surface area (Å²) in [5.41, 5.74) is 6.02. The number of primary amides is 1. The number of amides is 3. The molecule has 2 atom stereocenters. The van der Waals surface area contributed by atoms with Crippen molar-refractivity contribution in [3.63, 3.8) is 0 Å². The van der Waals surface area contributed by atoms with Crippen LogP contribution in [-0.2, 0) is 14.3 Å². The summed E-state index contributed by atoms with van der Waals surface area (Å²) >= 11 is 6.24. The van der Waals surface area contributed by atoms with Gasteiger partial charge in [0.2, 0.25) is 5.91 Å². The number of ether oxygens (including phenoxy) is 1. The van der Waals surface area contributed by atoms with E-state index in [1.54, 1.807) is 29.2 Å². The lowest BCUT2D eigenvalue weighted by molar-refractivity contribution is -0.189. The highest BCUT2D eigenvalue weighted by Gasteiger charge is 2.53. The minimum Gasteiger partial charge on any atom is -0.458 e. The van der Waals surface area contributed by atoms with Gasteiger partial charge in [-0.25, -0.2) is 4.79 Å². The lowest BCUT2D eigenvalue weighted by Gasteiger charge is -2.55. The van der Waals surface area contributed by atoms with Crippen LogP contribution in [-0.4, -0.2) is 47.0 Å². The quantitative estimate of drug-likeness (QED) is 0.431. The molecular weight excluding hydrogens is 514 g/mol. The van der Waals surface area contributed by atoms with Gasteiger partial charge in [-0.15, -0.1) is 0 Å². The number of benzene rings is 1. The standard InChI is InChI=1S/C31H42ClN3O4/c32-24-8-4-9-25(15-24)35(30(33)38)27-11-5-10-26(23-6-2-1-3-7-23)34(29(27)37)19-28(36)39-31-16-20-12-21(17-31)14-22(13-20)18-31/h4,8-9,15,20-23,26-27H,1-3,5-7,10-14,16-19H2,(H2,33,38). The van der Waals surface area contributed by atoms with Crippen LogP contribution in [0.1, 0.15) is 89.9 Å². The second kappa shape index (κ2) is 10.9. The maximum absolute atomic E-state index is 14.3. The van der Waals surface area contributed by atoms with Crippen molar-refractivity contribution < 1.29 is 19.1 Å². The number of hydrogen-bond donors (Lipinski definition) is 1. The zero-order valence-electron chi connectivity index (χ0n) is 22.9. The Morgan fingerprint density at radius 1 is 0.974 bits per heavy atom. The van der Waals surface area contributed by atoms with Crippen LogP contribution >= 0.6 is 11.6 Å². The third-order valence-corrected chi connectivity index (χ3v) is 10.6. The molecule has 6 aliphatic rings. The van der Waals surface area contributed by atoms with Crippen molar-refractivity contribution >= 4 is 35.2 Å². The van der Waals surface area contributed by atoms with Crippen molar-refractivity contribution in [2.75, 3.05) is 11.4 Å². The molecule has 7 rings (SSSR count). The number of hydrogen-bond acceptors (Lipinski definition) is 4. The van der Waals surface area contributed by atoms with Crippen LogP contribution < -0.4 is 10.6 Å². The Hall–Kier alpha value is -2.28. The number of urea groups is 1. The number of esters is 1. The molecule has 6 fully saturated rings. The summed E-state index contributed by atoms with van der Waals surface area (Å²) in [6.45, 7) is -0.0552. The first-order valence-corrected chi connectivity index (χ1v) is 15.5. The maximum Gasteiger partial charge on any atom is 0.326 e. The highest BCUT2D eigenvalue weighted by atomic mass is 35.5. The van der Waals surface area contributed by atoms with Gasteiger partial charge in [-0.2, -0.15) is 0 Å². The molecule has 1 aromatic carbocycles. The van der Waals surface area contributed by atoms with Gasteiger partial charge in [0.1, 0.15) is 18.2 Å². The minimum atomic E-state index is -0.776. The van der Waals surface area contributed by atoms with Gasteiger partial charge in [-0.1, -0.05) is 36.9 Å². The number of nitrogens with zero attached hydrogens (tertiary/aromatic N) is 2. The van der Waals surface area contributed by atoms with E-state index in [0.717, 1.165) is 57.8 Å². The van der Waals surface area contributed by atoms with Gasteiger partial charge in [0, 0.05) is 16.8 Å². The predicted molar refractivity (Wildman–Crippen MR) is 150 cm³/mol. The highest BCUT2D eigenvalue weighted by molar-refractivity contribution is 6.31. The number of nitrogens with two attached hydrogens (primary N) is 1. The largest absolute Gasteiger partial charge is 0.458 e. The van der Waals surface area contributed by atoms with Crippen LogP contribution in [0.2, 0.25) is 5.02 Å². The third-order valence-electron chi connectivity index (χ3n) is 10.4. The topological polar surface area (TPSA) is 92.9 Å². The van der Waals surface area contributed by atoms with Crippen LogP contribution in [0.5, 0.6) is 0 Å². The average molecular weight is 556 g/mol. The van der Waals surface area contributed by atoms with Gasteiger partial charge in [-0.05, 0) is 112 Å². The van der Waals surface area contributed by atoms with Crippen molar-refractivity contribution in [1.29, 1.82) is 0 Å². The van der Waals surface area contributed by atoms with E-state index < -0.39 is 12.1 Å². The Kier molecular flexibility index (Phi) is 7.55. The number of likely N-dealkylation sites (tertiary alicyclic amines) is 1. The van der Waals surface area contributed by atoms with Crippen molar-refractivity contribution in [3.8, 4) is 0 Å². The zero-order valence-corrected chi connectivity index (χ0v) is 23.6. The SMILES string of the molecule is NC(=O)N(c1cccc(Cl)c1)C1CCCC(C2CCCCC2)N(CC(=O)OC23CC4CC(CC(C4)C2)C3)C1=O. The molecule has 0 aromatic heterocycles. The Morgan fingerprint density at radius 3 is 2.26 bits per heavy atom. The molecule has 1 heterocycles. The van der Waals surface area contributed by atoms with Crippen LogP contribution in [0.25, 0.3) is 0 Å². The van der Waals surface area contributed by atoms with Gasteiger partial charge >= 0.3 is 12.0 Å². The summed E-state index contributed by atoms with van der Waals surface area (Å²) in [6, 6.07) is 5.39. The second-order valence-electron chi connectivity index (χ2n) is 13.1. The Morgan fingerprint density at radius 2 is 1.64 bits per heavy atom. The molecular formula is C31H42ClN3O4. The molecule has 5 saturated carbocycles. The average Bonchev–Trinajstić information content (AvgIpc) is 3.02. The number of carbonyl (C=O) groups excluding carboxylic acids is 3. The summed E-state index contributed by atoms with van der Waals surface area (Å²) in [5, 5.41) is 0.468. The molecule has 5 aliphatic carbocycles. The number of anilines is 1. The molecule has 1 aromatic rings. The minimum absolute atomic E-state index is 0.0270. The fraction of sp³-hybridized carbons (Fsp3) is 0.710. The van der Waals surface area contributed by atoms with E-state index in [0.29, 0.717) is 40.8 Å². The molecule has 7 nitrogen and oxygen atoms in total. The molecule has 3 amide bonds. The number of halogens is 1. The van der Waals surface area contributed by atoms with E-state index in [1.165, 1.54) is 30.6 Å². The van der Waals surface area contributed by atoms with E-state index in [2.05, 4.69) is 0 Å². The van der Waals surface area contributed by atoms with Crippen LogP contribution in [0.4, 0.5) is 10.5 Å². The van der Waals surface area contributed by atoms with Crippen molar-refractivity contribution in [3.05, 3.63) is 29.3 Å². The van der Waals surface area contributed by atoms with E-state index in [4.69, 9.17) is 22.1 Å². The van der Waals surface area contributed by atoms with Gasteiger partial charge in [0.05, 0.1) is 0 Å². The van der Waals surface area contributed by atoms with Crippen LogP contribution in [0.15, 0.2) is 24.3 Å². The molecule has 39 heavy (non-hydrogen) atoms. The van der Waals surface area contributed by atoms with Gasteiger partial charge in [-0.3, -0.25) is 14.5 Å². The molecule has 212 valence electrons. The van der Waals surface area contributed by atoms with Crippen molar-refractivity contribution in [2.24, 2.45) is 29.4 Å². The third kappa shape index (κ3) is 5.53. The Bertz CT molecular complexity index is 1070. The predicted octanol–water partition coefficient (Wildman–Crippen LogP) is 6.07. The maximum atomic E-state index is 14.3. The molecule has 1 saturated heterocycles. The summed E-state index contributed by atoms with van der Waals surface area (Å²) in [6.07, 6.45) is 14.5. The normalized spacial score (nSPS) is 34.5. The first-order valence-electron chi connectivity index (χ1n) is 15.2. The molecule has 2 N–H and O–H groups in total. The van der Waals surface area contributed by atoms with Crippen LogP contribution in [0, 0.1) is 23.7 Å². The molecule has 4 bridgehead atoms. The van der Waals surface area contributed by atoms with Gasteiger partial charge in [0.25, 0.3) is 0 Å². The molecule has 0 spiro atoms. The fourth-order valence-corrected chi connectivity index (χ4v) is 9.44. The monoisotopic (exact) mass is 555 g/mol. The molecule has 8 heteroatoms. The lowest BCUT2D eigenvalue weighted by atomic mass is 9.54. The molecule has 1 aliphatic heterocycles. The number of carbonyl (C=O) groups is 3. The summed E-state index contributed by atoms with van der Waals surface area (Å²) in [5.74, 6) is 1.88. The molecule has 2 unspecified atom stereocenters. The van der Waals surface area contributed by atoms with Crippen LogP contribution in [0.3, 0.4) is 0 Å². The Labute approximate surface area is 236 Å². The van der Waals surface area contributed by atoms with Gasteiger partial charge < -0.3 is 15.4 Å². The fourth-order valence-electron chi connectivity index (χ4n) is 9.25. The Balaban J connectivity index is 1.26. The first-order chi connectivity index (χ1) is 18.8. The first kappa shape index (κ1) is 26.9. The van der Waals surface area contributed by atoms with E-state index in [-0.39, 0.29) is 30.1 Å². The van der Waals surface area contributed by atoms with E-state index in [9.17, 15) is 14.4 Å². The second-order valence-corrected chi connectivity index (χ2v) is 13.6. The highest BCUT2D eigenvalue weighted by Crippen LogP contribution is 2.57. The summed E-state index contributed by atoms with van der Waals surface area (Å²) < 4.78 is 6.37. The van der Waals surface area contributed by atoms with Crippen molar-refractivity contribution in [2.45, 2.75) is 108 Å². The summed E-state index contributed by atoms with van der Waals surface area (Å²) in [7, 11) is 0. The van der Waals surface area contributed by atoms with Crippen molar-refractivity contribution in [1.82, 2.24) is 4.90 Å². The van der Waals surface area contributed by atoms with Gasteiger partial charge in [0.15, 0.2) is 0 Å².